The Balaban J connectivity index is 2.17. The predicted octanol–water partition coefficient (Wildman–Crippen LogP) is 2.20. The summed E-state index contributed by atoms with van der Waals surface area (Å²) in [5.74, 6) is 1.66. The third-order valence-electron chi connectivity index (χ3n) is 3.54. The van der Waals surface area contributed by atoms with Gasteiger partial charge < -0.3 is 15.1 Å². The molecule has 1 aliphatic rings. The largest absolute Gasteiger partial charge is 0.354 e. The molecule has 1 aliphatic heterocycles. The number of hydrogen-bond acceptors (Lipinski definition) is 5. The molecule has 2 rings (SSSR count). The molecule has 1 N–H and O–H groups in total. The Kier molecular flexibility index (Phi) is 4.99. The van der Waals surface area contributed by atoms with E-state index in [0.717, 1.165) is 23.4 Å². The van der Waals surface area contributed by atoms with E-state index in [1.807, 2.05) is 13.1 Å². The summed E-state index contributed by atoms with van der Waals surface area (Å²) >= 11 is 3.56. The average Bonchev–Trinajstić information content (AvgIpc) is 2.40. The first-order valence-corrected chi connectivity index (χ1v) is 7.59. The van der Waals surface area contributed by atoms with Crippen LogP contribution in [0, 0.1) is 0 Å². The second-order valence-electron chi connectivity index (χ2n) is 5.06. The number of likely N-dealkylation sites (N-methyl/N-ethyl adjacent to an activating group) is 2. The molecule has 0 aromatic carbocycles. The van der Waals surface area contributed by atoms with Gasteiger partial charge in [0.1, 0.15) is 5.82 Å². The zero-order valence-electron chi connectivity index (χ0n) is 11.9. The summed E-state index contributed by atoms with van der Waals surface area (Å²) in [6.07, 6.45) is 4.28. The van der Waals surface area contributed by atoms with Gasteiger partial charge in [0.25, 0.3) is 0 Å². The second kappa shape index (κ2) is 6.52. The lowest BCUT2D eigenvalue weighted by atomic mass is 10.1. The number of hydrogen-bond donors (Lipinski definition) is 1. The van der Waals surface area contributed by atoms with Crippen molar-refractivity contribution in [1.82, 2.24) is 14.9 Å². The Bertz CT molecular complexity index is 425. The van der Waals surface area contributed by atoms with Crippen molar-refractivity contribution in [2.45, 2.75) is 25.8 Å². The van der Waals surface area contributed by atoms with Crippen LogP contribution in [-0.4, -0.2) is 54.6 Å². The van der Waals surface area contributed by atoms with Crippen LogP contribution < -0.4 is 10.2 Å². The summed E-state index contributed by atoms with van der Waals surface area (Å²) in [5, 5.41) is 3.16. The van der Waals surface area contributed by atoms with Crippen molar-refractivity contribution in [3.63, 3.8) is 0 Å². The van der Waals surface area contributed by atoms with Crippen molar-refractivity contribution in [2.75, 3.05) is 43.9 Å². The first kappa shape index (κ1) is 14.5. The van der Waals surface area contributed by atoms with Crippen molar-refractivity contribution in [3.8, 4) is 0 Å². The van der Waals surface area contributed by atoms with Crippen LogP contribution in [0.15, 0.2) is 10.7 Å². The molecule has 19 heavy (non-hydrogen) atoms. The monoisotopic (exact) mass is 327 g/mol. The smallest absolute Gasteiger partial charge is 0.224 e. The summed E-state index contributed by atoms with van der Waals surface area (Å²) in [6.45, 7) is 5.16. The molecule has 1 atom stereocenters. The van der Waals surface area contributed by atoms with E-state index in [4.69, 9.17) is 0 Å². The van der Waals surface area contributed by atoms with Gasteiger partial charge in [0.15, 0.2) is 0 Å². The number of halogens is 1. The number of nitrogens with one attached hydrogen (secondary N) is 1. The van der Waals surface area contributed by atoms with E-state index < -0.39 is 0 Å². The molecule has 0 bridgehead atoms. The van der Waals surface area contributed by atoms with Crippen LogP contribution in [0.1, 0.15) is 19.8 Å². The van der Waals surface area contributed by atoms with Crippen LogP contribution in [0.5, 0.6) is 0 Å². The molecule has 106 valence electrons. The van der Waals surface area contributed by atoms with Crippen LogP contribution in [0.2, 0.25) is 0 Å². The highest BCUT2D eigenvalue weighted by molar-refractivity contribution is 9.10. The Morgan fingerprint density at radius 3 is 3.05 bits per heavy atom. The number of aromatic nitrogens is 2. The Hall–Kier alpha value is -0.880. The molecule has 0 amide bonds. The number of likely N-dealkylation sites (tertiary alicyclic amines) is 1. The van der Waals surface area contributed by atoms with Gasteiger partial charge in [0.2, 0.25) is 5.95 Å². The van der Waals surface area contributed by atoms with Gasteiger partial charge in [-0.1, -0.05) is 0 Å². The summed E-state index contributed by atoms with van der Waals surface area (Å²) < 4.78 is 0.949. The number of piperidine rings is 1. The molecule has 0 spiro atoms. The van der Waals surface area contributed by atoms with Crippen LogP contribution in [0.4, 0.5) is 11.8 Å². The molecular formula is C13H22BrN5. The maximum Gasteiger partial charge on any atom is 0.224 e. The number of rotatable bonds is 4. The van der Waals surface area contributed by atoms with E-state index in [0.29, 0.717) is 12.0 Å². The van der Waals surface area contributed by atoms with Crippen LogP contribution in [0.25, 0.3) is 0 Å². The molecule has 1 aromatic rings. The van der Waals surface area contributed by atoms with Gasteiger partial charge in [-0.25, -0.2) is 4.98 Å². The van der Waals surface area contributed by atoms with Gasteiger partial charge in [-0.2, -0.15) is 4.98 Å². The van der Waals surface area contributed by atoms with Gasteiger partial charge in [-0.3, -0.25) is 0 Å². The maximum absolute atomic E-state index is 4.60. The molecule has 0 saturated carbocycles. The van der Waals surface area contributed by atoms with Gasteiger partial charge in [0.05, 0.1) is 4.47 Å². The van der Waals surface area contributed by atoms with Crippen LogP contribution in [0.3, 0.4) is 0 Å². The summed E-state index contributed by atoms with van der Waals surface area (Å²) in [5.41, 5.74) is 0. The third-order valence-corrected chi connectivity index (χ3v) is 4.10. The molecule has 1 fully saturated rings. The van der Waals surface area contributed by atoms with Crippen molar-refractivity contribution in [1.29, 1.82) is 0 Å². The second-order valence-corrected chi connectivity index (χ2v) is 5.92. The van der Waals surface area contributed by atoms with E-state index in [-0.39, 0.29) is 0 Å². The SMILES string of the molecule is CCNc1ncc(Br)c(N(C)C2CCCN(C)C2)n1. The van der Waals surface area contributed by atoms with Gasteiger partial charge in [-0.15, -0.1) is 0 Å². The van der Waals surface area contributed by atoms with Gasteiger partial charge in [-0.05, 0) is 49.3 Å². The third kappa shape index (κ3) is 3.57. The Morgan fingerprint density at radius 1 is 1.58 bits per heavy atom. The van der Waals surface area contributed by atoms with Crippen LogP contribution >= 0.6 is 15.9 Å². The molecule has 1 aromatic heterocycles. The highest BCUT2D eigenvalue weighted by Gasteiger charge is 2.23. The van der Waals surface area contributed by atoms with Crippen LogP contribution in [-0.2, 0) is 0 Å². The standard InChI is InChI=1S/C13H22BrN5/c1-4-15-13-16-8-11(14)12(17-13)19(3)10-6-5-7-18(2)9-10/h8,10H,4-7,9H2,1-3H3,(H,15,16,17). The fraction of sp³-hybridized carbons (Fsp3) is 0.692. The van der Waals surface area contributed by atoms with Crippen molar-refractivity contribution < 1.29 is 0 Å². The first-order chi connectivity index (χ1) is 9.11. The van der Waals surface area contributed by atoms with E-state index in [1.165, 1.54) is 19.4 Å². The highest BCUT2D eigenvalue weighted by atomic mass is 79.9. The molecular weight excluding hydrogens is 306 g/mol. The van der Waals surface area contributed by atoms with E-state index in [9.17, 15) is 0 Å². The van der Waals surface area contributed by atoms with Crippen molar-refractivity contribution >= 4 is 27.7 Å². The summed E-state index contributed by atoms with van der Waals surface area (Å²) in [6, 6.07) is 0.513. The van der Waals surface area contributed by atoms with E-state index in [2.05, 4.69) is 55.1 Å². The van der Waals surface area contributed by atoms with E-state index >= 15 is 0 Å². The molecule has 1 saturated heterocycles. The molecule has 2 heterocycles. The zero-order valence-corrected chi connectivity index (χ0v) is 13.4. The normalized spacial score (nSPS) is 20.3. The zero-order chi connectivity index (χ0) is 13.8. The first-order valence-electron chi connectivity index (χ1n) is 6.79. The number of anilines is 2. The number of nitrogens with zero attached hydrogens (tertiary/aromatic N) is 4. The molecule has 0 radical (unpaired) electrons. The minimum absolute atomic E-state index is 0.513. The minimum Gasteiger partial charge on any atom is -0.354 e. The lowest BCUT2D eigenvalue weighted by Gasteiger charge is -2.36. The molecule has 0 aliphatic carbocycles. The lowest BCUT2D eigenvalue weighted by Crippen LogP contribution is -2.45. The van der Waals surface area contributed by atoms with Crippen molar-refractivity contribution in [3.05, 3.63) is 10.7 Å². The van der Waals surface area contributed by atoms with Gasteiger partial charge in [0, 0.05) is 32.4 Å². The molecule has 5 nitrogen and oxygen atoms in total. The van der Waals surface area contributed by atoms with Gasteiger partial charge >= 0.3 is 0 Å². The van der Waals surface area contributed by atoms with E-state index in [1.54, 1.807) is 0 Å². The Labute approximate surface area is 123 Å². The lowest BCUT2D eigenvalue weighted by molar-refractivity contribution is 0.247. The quantitative estimate of drug-likeness (QED) is 0.918. The molecule has 1 unspecified atom stereocenters. The topological polar surface area (TPSA) is 44.3 Å². The average molecular weight is 328 g/mol. The maximum atomic E-state index is 4.60. The summed E-state index contributed by atoms with van der Waals surface area (Å²) in [4.78, 5) is 13.5. The fourth-order valence-corrected chi connectivity index (χ4v) is 2.95. The summed E-state index contributed by atoms with van der Waals surface area (Å²) in [7, 11) is 4.30. The van der Waals surface area contributed by atoms with Crippen molar-refractivity contribution in [2.24, 2.45) is 0 Å². The fourth-order valence-electron chi connectivity index (χ4n) is 2.48. The molecule has 6 heteroatoms. The highest BCUT2D eigenvalue weighted by Crippen LogP contribution is 2.27. The Morgan fingerprint density at radius 2 is 2.37 bits per heavy atom. The predicted molar refractivity (Wildman–Crippen MR) is 82.8 cm³/mol. The minimum atomic E-state index is 0.513.